The third-order valence-electron chi connectivity index (χ3n) is 5.07. The molecule has 0 radical (unpaired) electrons. The molecule has 0 spiro atoms. The minimum atomic E-state index is -3.66. The summed E-state index contributed by atoms with van der Waals surface area (Å²) >= 11 is 0. The van der Waals surface area contributed by atoms with Gasteiger partial charge in [0.2, 0.25) is 5.91 Å². The number of carbonyl (C=O) groups excluding carboxylic acids is 1. The highest BCUT2D eigenvalue weighted by molar-refractivity contribution is 7.94. The van der Waals surface area contributed by atoms with E-state index < -0.39 is 25.7 Å². The zero-order valence-electron chi connectivity index (χ0n) is 15.1. The van der Waals surface area contributed by atoms with Gasteiger partial charge in [-0.05, 0) is 33.1 Å². The van der Waals surface area contributed by atoms with Crippen LogP contribution in [-0.4, -0.2) is 29.5 Å². The molecule has 0 aromatic carbocycles. The second-order valence-corrected chi connectivity index (χ2v) is 11.0. The topological polar surface area (TPSA) is 103 Å². The molecule has 2 N–H and O–H groups in total. The van der Waals surface area contributed by atoms with Crippen molar-refractivity contribution in [1.29, 1.82) is 0 Å². The molecule has 24 heavy (non-hydrogen) atoms. The lowest BCUT2D eigenvalue weighted by Gasteiger charge is -2.32. The molecule has 1 aliphatic rings. The fraction of sp³-hybridized carbons (Fsp3) is 0.765. The number of nitrogens with zero attached hydrogens (tertiary/aromatic N) is 1. The molecule has 1 heterocycles. The lowest BCUT2D eigenvalue weighted by Crippen LogP contribution is -2.50. The van der Waals surface area contributed by atoms with Crippen LogP contribution in [0.5, 0.6) is 0 Å². The lowest BCUT2D eigenvalue weighted by atomic mass is 9.85. The molecule has 1 fully saturated rings. The van der Waals surface area contributed by atoms with Gasteiger partial charge < -0.3 is 10.3 Å². The molecule has 2 atom stereocenters. The molecule has 1 aliphatic carbocycles. The number of amides is 1. The second kappa shape index (κ2) is 6.17. The number of sulfone groups is 1. The van der Waals surface area contributed by atoms with Crippen LogP contribution in [0.1, 0.15) is 77.7 Å². The quantitative estimate of drug-likeness (QED) is 0.893. The van der Waals surface area contributed by atoms with Crippen LogP contribution >= 0.6 is 0 Å². The monoisotopic (exact) mass is 356 g/mol. The number of hydrogen-bond donors (Lipinski definition) is 1. The van der Waals surface area contributed by atoms with Crippen LogP contribution in [0.3, 0.4) is 0 Å². The summed E-state index contributed by atoms with van der Waals surface area (Å²) in [7, 11) is -3.66. The van der Waals surface area contributed by atoms with Crippen molar-refractivity contribution in [2.75, 3.05) is 0 Å². The number of primary amides is 1. The van der Waals surface area contributed by atoms with Crippen LogP contribution in [0, 0.1) is 0 Å². The Bertz CT molecular complexity index is 713. The van der Waals surface area contributed by atoms with Crippen molar-refractivity contribution >= 4 is 15.7 Å². The maximum atomic E-state index is 12.8. The number of nitrogens with two attached hydrogens (primary N) is 1. The van der Waals surface area contributed by atoms with Gasteiger partial charge >= 0.3 is 0 Å². The number of aromatic nitrogens is 1. The van der Waals surface area contributed by atoms with Crippen LogP contribution in [0.4, 0.5) is 0 Å². The highest BCUT2D eigenvalue weighted by Crippen LogP contribution is 2.39. The number of rotatable bonds is 4. The summed E-state index contributed by atoms with van der Waals surface area (Å²) in [4.78, 5) is 11.6. The predicted molar refractivity (Wildman–Crippen MR) is 92.4 cm³/mol. The van der Waals surface area contributed by atoms with Gasteiger partial charge in [-0.15, -0.1) is 0 Å². The van der Waals surface area contributed by atoms with Crippen molar-refractivity contribution in [3.63, 3.8) is 0 Å². The standard InChI is InChI=1S/C17H28N2O4S/c1-16(2,3)14-10-13(23-19-14)11-7-6-8-12(9-11)24(21,22)17(4,5)15(18)20/h10-12H,6-9H2,1-5H3,(H2,18,20). The first kappa shape index (κ1) is 19.0. The van der Waals surface area contributed by atoms with Crippen LogP contribution in [0.2, 0.25) is 0 Å². The Morgan fingerprint density at radius 1 is 1.25 bits per heavy atom. The Labute approximate surface area is 144 Å². The minimum absolute atomic E-state index is 0.00537. The Morgan fingerprint density at radius 2 is 1.88 bits per heavy atom. The highest BCUT2D eigenvalue weighted by Gasteiger charge is 2.46. The first-order valence-corrected chi connectivity index (χ1v) is 9.92. The van der Waals surface area contributed by atoms with Crippen molar-refractivity contribution < 1.29 is 17.7 Å². The third-order valence-corrected chi connectivity index (χ3v) is 8.00. The van der Waals surface area contributed by atoms with Crippen LogP contribution in [0.25, 0.3) is 0 Å². The third kappa shape index (κ3) is 3.36. The summed E-state index contributed by atoms with van der Waals surface area (Å²) < 4.78 is 29.6. The van der Waals surface area contributed by atoms with Crippen molar-refractivity contribution in [3.8, 4) is 0 Å². The van der Waals surface area contributed by atoms with E-state index in [0.29, 0.717) is 12.8 Å². The Balaban J connectivity index is 2.24. The predicted octanol–water partition coefficient (Wildman–Crippen LogP) is 2.68. The van der Waals surface area contributed by atoms with E-state index in [1.165, 1.54) is 13.8 Å². The first-order valence-electron chi connectivity index (χ1n) is 8.38. The van der Waals surface area contributed by atoms with Crippen LogP contribution < -0.4 is 5.73 Å². The maximum absolute atomic E-state index is 12.8. The molecule has 6 nitrogen and oxygen atoms in total. The Kier molecular flexibility index (Phi) is 4.87. The van der Waals surface area contributed by atoms with Gasteiger partial charge in [-0.1, -0.05) is 32.3 Å². The van der Waals surface area contributed by atoms with Gasteiger partial charge in [-0.3, -0.25) is 4.79 Å². The Morgan fingerprint density at radius 3 is 2.38 bits per heavy atom. The van der Waals surface area contributed by atoms with Crippen molar-refractivity contribution in [2.45, 2.75) is 81.6 Å². The molecule has 136 valence electrons. The fourth-order valence-corrected chi connectivity index (χ4v) is 5.15. The van der Waals surface area contributed by atoms with E-state index in [4.69, 9.17) is 10.3 Å². The van der Waals surface area contributed by atoms with Gasteiger partial charge in [0.25, 0.3) is 0 Å². The van der Waals surface area contributed by atoms with Gasteiger partial charge in [-0.25, -0.2) is 8.42 Å². The van der Waals surface area contributed by atoms with Gasteiger partial charge in [-0.2, -0.15) is 0 Å². The van der Waals surface area contributed by atoms with Gasteiger partial charge in [0.1, 0.15) is 10.5 Å². The second-order valence-electron chi connectivity index (χ2n) is 8.27. The van der Waals surface area contributed by atoms with Crippen LogP contribution in [-0.2, 0) is 20.0 Å². The minimum Gasteiger partial charge on any atom is -0.368 e. The largest absolute Gasteiger partial charge is 0.368 e. The van der Waals surface area contributed by atoms with E-state index in [0.717, 1.165) is 24.3 Å². The fourth-order valence-electron chi connectivity index (χ4n) is 3.08. The summed E-state index contributed by atoms with van der Waals surface area (Å²) in [5, 5.41) is 3.55. The summed E-state index contributed by atoms with van der Waals surface area (Å²) in [6.07, 6.45) is 2.63. The summed E-state index contributed by atoms with van der Waals surface area (Å²) in [6.45, 7) is 8.94. The number of hydrogen-bond acceptors (Lipinski definition) is 5. The van der Waals surface area contributed by atoms with Gasteiger partial charge in [0.15, 0.2) is 9.84 Å². The smallest absolute Gasteiger partial charge is 0.238 e. The normalized spacial score (nSPS) is 23.2. The Hall–Kier alpha value is -1.37. The average Bonchev–Trinajstić information content (AvgIpc) is 2.97. The van der Waals surface area contributed by atoms with E-state index in [9.17, 15) is 13.2 Å². The average molecular weight is 356 g/mol. The molecule has 1 aromatic rings. The molecule has 2 rings (SSSR count). The highest BCUT2D eigenvalue weighted by atomic mass is 32.2. The summed E-state index contributed by atoms with van der Waals surface area (Å²) in [6, 6.07) is 1.93. The SMILES string of the molecule is CC(C)(C)c1cc(C2CCCC(S(=O)(=O)C(C)(C)C(N)=O)C2)on1. The molecule has 1 amide bonds. The van der Waals surface area contributed by atoms with E-state index in [1.54, 1.807) is 0 Å². The summed E-state index contributed by atoms with van der Waals surface area (Å²) in [5.74, 6) is -0.0678. The van der Waals surface area contributed by atoms with Crippen molar-refractivity contribution in [3.05, 3.63) is 17.5 Å². The molecule has 0 aliphatic heterocycles. The van der Waals surface area contributed by atoms with Crippen molar-refractivity contribution in [2.24, 2.45) is 5.73 Å². The number of carbonyl (C=O) groups is 1. The molecule has 0 saturated heterocycles. The zero-order chi connectivity index (χ0) is 18.3. The summed E-state index contributed by atoms with van der Waals surface area (Å²) in [5.41, 5.74) is 6.06. The maximum Gasteiger partial charge on any atom is 0.238 e. The van der Waals surface area contributed by atoms with E-state index in [2.05, 4.69) is 25.9 Å². The molecule has 2 unspecified atom stereocenters. The van der Waals surface area contributed by atoms with E-state index in [1.807, 2.05) is 6.07 Å². The molecule has 0 bridgehead atoms. The zero-order valence-corrected chi connectivity index (χ0v) is 15.9. The van der Waals surface area contributed by atoms with Gasteiger partial charge in [0, 0.05) is 17.4 Å². The molecule has 7 heteroatoms. The lowest BCUT2D eigenvalue weighted by molar-refractivity contribution is -0.119. The molecular formula is C17H28N2O4S. The van der Waals surface area contributed by atoms with Crippen LogP contribution in [0.15, 0.2) is 10.6 Å². The molecular weight excluding hydrogens is 328 g/mol. The first-order chi connectivity index (χ1) is 10.9. The molecule has 1 aromatic heterocycles. The van der Waals surface area contributed by atoms with E-state index in [-0.39, 0.29) is 11.3 Å². The van der Waals surface area contributed by atoms with Gasteiger partial charge in [0.05, 0.1) is 10.9 Å². The van der Waals surface area contributed by atoms with Crippen molar-refractivity contribution in [1.82, 2.24) is 5.16 Å². The molecule has 1 saturated carbocycles. The van der Waals surface area contributed by atoms with E-state index >= 15 is 0 Å².